The minimum absolute atomic E-state index is 0.0100. The summed E-state index contributed by atoms with van der Waals surface area (Å²) in [5, 5.41) is 5.36. The van der Waals surface area contributed by atoms with Crippen LogP contribution in [-0.4, -0.2) is 63.1 Å². The molecule has 0 bridgehead atoms. The third kappa shape index (κ3) is 6.78. The zero-order valence-corrected chi connectivity index (χ0v) is 29.0. The Morgan fingerprint density at radius 3 is 2.57 bits per heavy atom. The standard InChI is InChI=1S/C39H46N6O4/c1-26-15-16-28-29(12-8-14-32(28)45-24-20-39(35(45)46)18-6-5-7-19-39)33(26)48-34-30(13-9-21-40-34)31-17-22-41-36(43-31)42-27-11-10-23-44(25-27)37(47)49-38(2,3)4/h8-9,12-17,21-22,27H,5-7,10-11,18-20,23-25H2,1-4H3,(H,41,42,43)/t27-/m0/s1. The van der Waals surface area contributed by atoms with Crippen molar-refractivity contribution in [1.82, 2.24) is 19.9 Å². The van der Waals surface area contributed by atoms with Gasteiger partial charge >= 0.3 is 6.09 Å². The molecule has 1 saturated carbocycles. The van der Waals surface area contributed by atoms with Crippen LogP contribution < -0.4 is 15.0 Å². The number of aryl methyl sites for hydroxylation is 1. The van der Waals surface area contributed by atoms with Crippen molar-refractivity contribution in [3.05, 3.63) is 66.5 Å². The Morgan fingerprint density at radius 2 is 1.76 bits per heavy atom. The number of nitrogens with one attached hydrogen (secondary N) is 1. The van der Waals surface area contributed by atoms with E-state index in [4.69, 9.17) is 14.5 Å². The Kier molecular flexibility index (Phi) is 8.90. The number of hydrogen-bond acceptors (Lipinski definition) is 8. The topological polar surface area (TPSA) is 110 Å². The molecule has 2 aliphatic heterocycles. The minimum atomic E-state index is -0.545. The van der Waals surface area contributed by atoms with Crippen LogP contribution in [0.4, 0.5) is 16.4 Å². The molecule has 1 aliphatic carbocycles. The molecule has 2 saturated heterocycles. The van der Waals surface area contributed by atoms with E-state index in [1.54, 1.807) is 17.3 Å². The van der Waals surface area contributed by atoms with Crippen molar-refractivity contribution in [1.29, 1.82) is 0 Å². The van der Waals surface area contributed by atoms with Crippen LogP contribution in [0.3, 0.4) is 0 Å². The van der Waals surface area contributed by atoms with E-state index in [-0.39, 0.29) is 23.5 Å². The van der Waals surface area contributed by atoms with Crippen LogP contribution in [0.5, 0.6) is 11.6 Å². The summed E-state index contributed by atoms with van der Waals surface area (Å²) in [5.41, 5.74) is 2.56. The van der Waals surface area contributed by atoms with Crippen molar-refractivity contribution in [2.24, 2.45) is 5.41 Å². The van der Waals surface area contributed by atoms with E-state index in [9.17, 15) is 9.59 Å². The lowest BCUT2D eigenvalue weighted by molar-refractivity contribution is -0.127. The molecule has 2 amide bonds. The molecule has 0 radical (unpaired) electrons. The highest BCUT2D eigenvalue weighted by Gasteiger charge is 2.47. The zero-order valence-electron chi connectivity index (χ0n) is 29.0. The van der Waals surface area contributed by atoms with Crippen LogP contribution in [0, 0.1) is 12.3 Å². The van der Waals surface area contributed by atoms with E-state index >= 15 is 0 Å². The van der Waals surface area contributed by atoms with Gasteiger partial charge in [-0.1, -0.05) is 43.5 Å². The van der Waals surface area contributed by atoms with Gasteiger partial charge in [0.25, 0.3) is 0 Å². The van der Waals surface area contributed by atoms with Crippen LogP contribution in [-0.2, 0) is 9.53 Å². The fraction of sp³-hybridized carbons (Fsp3) is 0.462. The maximum Gasteiger partial charge on any atom is 0.410 e. The molecule has 1 N–H and O–H groups in total. The second-order valence-corrected chi connectivity index (χ2v) is 14.8. The van der Waals surface area contributed by atoms with Gasteiger partial charge in [0.2, 0.25) is 17.7 Å². The lowest BCUT2D eigenvalue weighted by Gasteiger charge is -2.34. The van der Waals surface area contributed by atoms with Gasteiger partial charge in [0.1, 0.15) is 11.4 Å². The smallest absolute Gasteiger partial charge is 0.410 e. The second-order valence-electron chi connectivity index (χ2n) is 14.8. The summed E-state index contributed by atoms with van der Waals surface area (Å²) in [7, 11) is 0. The van der Waals surface area contributed by atoms with Gasteiger partial charge in [-0.25, -0.2) is 19.7 Å². The van der Waals surface area contributed by atoms with Gasteiger partial charge in [-0.05, 0) is 89.6 Å². The van der Waals surface area contributed by atoms with E-state index in [1.165, 1.54) is 6.42 Å². The maximum absolute atomic E-state index is 13.9. The number of carbonyl (C=O) groups excluding carboxylic acids is 2. The average molecular weight is 663 g/mol. The molecule has 2 aromatic heterocycles. The van der Waals surface area contributed by atoms with E-state index < -0.39 is 5.60 Å². The van der Waals surface area contributed by atoms with Gasteiger partial charge in [0, 0.05) is 48.8 Å². The number of carbonyl (C=O) groups is 2. The third-order valence-corrected chi connectivity index (χ3v) is 10.1. The first kappa shape index (κ1) is 32.8. The first-order valence-corrected chi connectivity index (χ1v) is 17.7. The lowest BCUT2D eigenvalue weighted by Crippen LogP contribution is -2.47. The first-order valence-electron chi connectivity index (χ1n) is 17.7. The molecule has 2 aromatic carbocycles. The molecule has 3 aliphatic rings. The van der Waals surface area contributed by atoms with Crippen molar-refractivity contribution in [2.45, 2.75) is 90.7 Å². The van der Waals surface area contributed by atoms with Gasteiger partial charge in [0.15, 0.2) is 0 Å². The number of rotatable bonds is 6. The van der Waals surface area contributed by atoms with Crippen molar-refractivity contribution in [3.8, 4) is 22.9 Å². The number of fused-ring (bicyclic) bond motifs is 1. The predicted molar refractivity (Wildman–Crippen MR) is 191 cm³/mol. The summed E-state index contributed by atoms with van der Waals surface area (Å²) < 4.78 is 12.3. The summed E-state index contributed by atoms with van der Waals surface area (Å²) in [6.45, 7) is 9.57. The number of likely N-dealkylation sites (tertiary alicyclic amines) is 1. The van der Waals surface area contributed by atoms with Gasteiger partial charge in [-0.2, -0.15) is 0 Å². The van der Waals surface area contributed by atoms with Crippen molar-refractivity contribution in [2.75, 3.05) is 29.9 Å². The van der Waals surface area contributed by atoms with Crippen molar-refractivity contribution in [3.63, 3.8) is 0 Å². The second kappa shape index (κ2) is 13.3. The molecular weight excluding hydrogens is 616 g/mol. The molecule has 10 nitrogen and oxygen atoms in total. The molecule has 256 valence electrons. The molecule has 1 atom stereocenters. The summed E-state index contributed by atoms with van der Waals surface area (Å²) in [6, 6.07) is 15.9. The molecule has 1 spiro atoms. The molecular formula is C39H46N6O4. The van der Waals surface area contributed by atoms with Gasteiger partial charge in [-0.3, -0.25) is 4.79 Å². The van der Waals surface area contributed by atoms with Gasteiger partial charge in [0.05, 0.1) is 22.4 Å². The quantitative estimate of drug-likeness (QED) is 0.220. The van der Waals surface area contributed by atoms with E-state index in [0.717, 1.165) is 79.1 Å². The lowest BCUT2D eigenvalue weighted by atomic mass is 9.73. The number of pyridine rings is 1. The Morgan fingerprint density at radius 1 is 0.918 bits per heavy atom. The predicted octanol–water partition coefficient (Wildman–Crippen LogP) is 8.29. The van der Waals surface area contributed by atoms with E-state index in [0.29, 0.717) is 36.4 Å². The SMILES string of the molecule is Cc1ccc2c(N3CCC4(CCCCC4)C3=O)cccc2c1Oc1ncccc1-c1ccnc(N[C@H]2CCCN(C(=O)OC(C)(C)C)C2)n1. The van der Waals surface area contributed by atoms with Gasteiger partial charge in [-0.15, -0.1) is 0 Å². The Balaban J connectivity index is 1.13. The fourth-order valence-corrected chi connectivity index (χ4v) is 7.65. The van der Waals surface area contributed by atoms with Crippen LogP contribution in [0.15, 0.2) is 60.9 Å². The average Bonchev–Trinajstić information content (AvgIpc) is 3.39. The summed E-state index contributed by atoms with van der Waals surface area (Å²) in [5.74, 6) is 1.88. The molecule has 0 unspecified atom stereocenters. The monoisotopic (exact) mass is 662 g/mol. The third-order valence-electron chi connectivity index (χ3n) is 10.1. The first-order chi connectivity index (χ1) is 23.6. The largest absolute Gasteiger partial charge is 0.444 e. The molecule has 10 heteroatoms. The molecule has 4 aromatic rings. The van der Waals surface area contributed by atoms with Crippen molar-refractivity contribution >= 4 is 34.4 Å². The highest BCUT2D eigenvalue weighted by Crippen LogP contribution is 2.48. The van der Waals surface area contributed by atoms with Crippen LogP contribution in [0.2, 0.25) is 0 Å². The molecule has 3 fully saturated rings. The summed E-state index contributed by atoms with van der Waals surface area (Å²) in [4.78, 5) is 44.3. The Labute approximate surface area is 288 Å². The maximum atomic E-state index is 13.9. The summed E-state index contributed by atoms with van der Waals surface area (Å²) in [6.07, 6.45) is 11.3. The fourth-order valence-electron chi connectivity index (χ4n) is 7.65. The number of piperidine rings is 1. The number of hydrogen-bond donors (Lipinski definition) is 1. The highest BCUT2D eigenvalue weighted by atomic mass is 16.6. The number of benzene rings is 2. The van der Waals surface area contributed by atoms with Crippen LogP contribution in [0.1, 0.15) is 77.7 Å². The number of aromatic nitrogens is 3. The zero-order chi connectivity index (χ0) is 34.2. The van der Waals surface area contributed by atoms with E-state index in [2.05, 4.69) is 39.6 Å². The normalized spacial score (nSPS) is 19.3. The number of amides is 2. The van der Waals surface area contributed by atoms with Crippen molar-refractivity contribution < 1.29 is 19.1 Å². The van der Waals surface area contributed by atoms with Crippen LogP contribution >= 0.6 is 0 Å². The molecule has 4 heterocycles. The number of anilines is 2. The van der Waals surface area contributed by atoms with E-state index in [1.807, 2.05) is 56.9 Å². The highest BCUT2D eigenvalue weighted by molar-refractivity contribution is 6.08. The van der Waals surface area contributed by atoms with Gasteiger partial charge < -0.3 is 24.6 Å². The molecule has 7 rings (SSSR count). The molecule has 49 heavy (non-hydrogen) atoms. The Bertz CT molecular complexity index is 1860. The summed E-state index contributed by atoms with van der Waals surface area (Å²) >= 11 is 0. The Hall–Kier alpha value is -4.73. The van der Waals surface area contributed by atoms with Crippen LogP contribution in [0.25, 0.3) is 22.0 Å². The minimum Gasteiger partial charge on any atom is -0.444 e. The number of ether oxygens (including phenoxy) is 2. The number of nitrogens with zero attached hydrogens (tertiary/aromatic N) is 5.